The monoisotopic (exact) mass is 1080 g/mol. The highest BCUT2D eigenvalue weighted by atomic mass is 16.7. The van der Waals surface area contributed by atoms with Crippen LogP contribution in [0.4, 0.5) is 0 Å². The van der Waals surface area contributed by atoms with Gasteiger partial charge >= 0.3 is 5.97 Å². The van der Waals surface area contributed by atoms with Crippen molar-refractivity contribution in [2.75, 3.05) is 27.7 Å². The van der Waals surface area contributed by atoms with Gasteiger partial charge in [-0.2, -0.15) is 0 Å². The van der Waals surface area contributed by atoms with Gasteiger partial charge in [0, 0.05) is 63.2 Å². The molecule has 1 aromatic carbocycles. The number of cyclic esters (lactones) is 1. The predicted octanol–water partition coefficient (Wildman–Crippen LogP) is 5.36. The third-order valence-corrected chi connectivity index (χ3v) is 16.7. The molecule has 3 saturated heterocycles. The number of benzene rings is 1. The van der Waals surface area contributed by atoms with Gasteiger partial charge in [0.1, 0.15) is 35.7 Å². The van der Waals surface area contributed by atoms with E-state index in [4.69, 9.17) is 33.6 Å². The van der Waals surface area contributed by atoms with E-state index in [2.05, 4.69) is 15.2 Å². The SMILES string of the molecule is CC[C@H]1OC(=O)[C@H](C)[C@@H](OC2C[C@@](C)(OC)[C@@H](O)[C@H](C)O2)[C@H](C)[C@@H](O[C@@H]2O[C@H](C)C[C@H](N(C)Cc3ccc(-c4cn(CCCCCCCCCC(=O)NO)nn4)cc3)[C@H]2O)[C@](C)(O)C[C@@H](C)CN(C)[C@H](C)[C@@H](O)[C@]1(C)O. The molecule has 0 aliphatic carbocycles. The molecule has 0 radical (unpaired) electrons. The van der Waals surface area contributed by atoms with Gasteiger partial charge in [-0.1, -0.05) is 82.4 Å². The van der Waals surface area contributed by atoms with Gasteiger partial charge in [0.05, 0.1) is 47.7 Å². The Kier molecular flexibility index (Phi) is 23.7. The minimum atomic E-state index is -1.84. The van der Waals surface area contributed by atoms with Gasteiger partial charge in [-0.25, -0.2) is 5.48 Å². The molecule has 7 N–H and O–H groups in total. The van der Waals surface area contributed by atoms with Crippen LogP contribution >= 0.6 is 0 Å². The number of amides is 1. The highest BCUT2D eigenvalue weighted by Gasteiger charge is 2.53. The number of aliphatic hydroxyl groups is 5. The molecule has 3 aliphatic heterocycles. The van der Waals surface area contributed by atoms with Crippen molar-refractivity contribution < 1.29 is 68.8 Å². The topological polar surface area (TPSA) is 260 Å². The van der Waals surface area contributed by atoms with Gasteiger partial charge in [-0.05, 0) is 106 Å². The van der Waals surface area contributed by atoms with Crippen molar-refractivity contribution in [3.05, 3.63) is 36.0 Å². The Morgan fingerprint density at radius 2 is 1.55 bits per heavy atom. The minimum Gasteiger partial charge on any atom is -0.459 e. The first kappa shape index (κ1) is 63.6. The summed E-state index contributed by atoms with van der Waals surface area (Å²) >= 11 is 0. The maximum atomic E-state index is 14.5. The van der Waals surface area contributed by atoms with E-state index < -0.39 is 102 Å². The number of hydroxylamine groups is 1. The number of carbonyl (C=O) groups excluding carboxylic acids is 2. The second kappa shape index (κ2) is 28.3. The lowest BCUT2D eigenvalue weighted by Gasteiger charge is -2.49. The van der Waals surface area contributed by atoms with Crippen LogP contribution in [0.25, 0.3) is 11.3 Å². The molecule has 76 heavy (non-hydrogen) atoms. The molecule has 3 aliphatic rings. The third kappa shape index (κ3) is 16.4. The molecule has 0 saturated carbocycles. The number of carbonyl (C=O) groups is 2. The van der Waals surface area contributed by atoms with Crippen molar-refractivity contribution in [2.24, 2.45) is 17.8 Å². The number of aliphatic hydroxyl groups excluding tert-OH is 3. The first-order valence-corrected chi connectivity index (χ1v) is 28.0. The lowest BCUT2D eigenvalue weighted by molar-refractivity contribution is -0.318. The quantitative estimate of drug-likeness (QED) is 0.0381. The van der Waals surface area contributed by atoms with Gasteiger partial charge in [-0.15, -0.1) is 5.10 Å². The number of aromatic nitrogens is 3. The van der Waals surface area contributed by atoms with Crippen molar-refractivity contribution in [1.29, 1.82) is 0 Å². The standard InChI is InChI=1S/C56H96N6O14/c1-14-44-56(10,69)49(65)38(6)60(11)31-34(2)29-54(8,68)51(36(4)48(37(5)52(67)74-44)75-46-30-55(9,71-13)50(66)39(7)73-46)76-53-47(64)43(28-35(3)72-53)61(12)32-40-23-25-41(26-24-40)42-33-62(59-57-42)27-21-19-17-15-16-18-20-22-45(63)58-70/h23-26,33-39,43-44,46-51,53,64-66,68-70H,14-22,27-32H2,1-13H3,(H,58,63)/t34-,35-,36+,37-,38-,39+,43+,44-,46?,47-,48+,49-,50+,51-,53+,54-,55-,56-/m1/s1. The zero-order valence-electron chi connectivity index (χ0n) is 47.8. The maximum Gasteiger partial charge on any atom is 0.311 e. The zero-order valence-corrected chi connectivity index (χ0v) is 47.8. The number of rotatable bonds is 20. The van der Waals surface area contributed by atoms with E-state index in [-0.39, 0.29) is 37.2 Å². The highest BCUT2D eigenvalue weighted by Crippen LogP contribution is 2.40. The lowest BCUT2D eigenvalue weighted by atomic mass is 9.77. The average molecular weight is 1080 g/mol. The fourth-order valence-corrected chi connectivity index (χ4v) is 11.9. The summed E-state index contributed by atoms with van der Waals surface area (Å²) in [4.78, 5) is 29.7. The van der Waals surface area contributed by atoms with E-state index in [0.29, 0.717) is 25.9 Å². The number of nitrogens with zero attached hydrogens (tertiary/aromatic N) is 5. The van der Waals surface area contributed by atoms with Crippen LogP contribution < -0.4 is 5.48 Å². The van der Waals surface area contributed by atoms with E-state index in [0.717, 1.165) is 68.3 Å². The smallest absolute Gasteiger partial charge is 0.311 e. The van der Waals surface area contributed by atoms with Crippen LogP contribution in [0.5, 0.6) is 0 Å². The van der Waals surface area contributed by atoms with E-state index in [9.17, 15) is 35.1 Å². The molecule has 5 rings (SSSR count). The summed E-state index contributed by atoms with van der Waals surface area (Å²) in [5.74, 6) is -3.12. The lowest BCUT2D eigenvalue weighted by Crippen LogP contribution is -2.60. The molecule has 20 nitrogen and oxygen atoms in total. The fourth-order valence-electron chi connectivity index (χ4n) is 11.9. The third-order valence-electron chi connectivity index (χ3n) is 16.7. The summed E-state index contributed by atoms with van der Waals surface area (Å²) in [6.07, 6.45) is 0.311. The molecular weight excluding hydrogens is 981 g/mol. The number of hydrogen-bond donors (Lipinski definition) is 7. The molecule has 0 spiro atoms. The normalized spacial score (nSPS) is 37.6. The van der Waals surface area contributed by atoms with Gasteiger partial charge in [-0.3, -0.25) is 24.4 Å². The van der Waals surface area contributed by atoms with Crippen molar-refractivity contribution >= 4 is 11.9 Å². The second-order valence-electron chi connectivity index (χ2n) is 23.4. The Bertz CT molecular complexity index is 2080. The molecule has 20 heteroatoms. The largest absolute Gasteiger partial charge is 0.459 e. The zero-order chi connectivity index (χ0) is 56.3. The molecule has 18 atom stereocenters. The number of methoxy groups -OCH3 is 1. The number of likely N-dealkylation sites (N-methyl/N-ethyl adjacent to an activating group) is 2. The van der Waals surface area contributed by atoms with Crippen LogP contribution in [0.3, 0.4) is 0 Å². The van der Waals surface area contributed by atoms with Gasteiger partial charge in [0.2, 0.25) is 5.91 Å². The molecule has 0 bridgehead atoms. The van der Waals surface area contributed by atoms with Crippen LogP contribution in [0.15, 0.2) is 30.5 Å². The Morgan fingerprint density at radius 1 is 0.908 bits per heavy atom. The summed E-state index contributed by atoms with van der Waals surface area (Å²) < 4.78 is 40.3. The highest BCUT2D eigenvalue weighted by molar-refractivity contribution is 5.74. The van der Waals surface area contributed by atoms with Gasteiger partial charge in [0.15, 0.2) is 12.6 Å². The van der Waals surface area contributed by atoms with Crippen LogP contribution in [0.1, 0.15) is 152 Å². The molecule has 1 aromatic heterocycles. The summed E-state index contributed by atoms with van der Waals surface area (Å²) in [6.45, 7) is 19.3. The van der Waals surface area contributed by atoms with Crippen molar-refractivity contribution in [3.63, 3.8) is 0 Å². The van der Waals surface area contributed by atoms with Gasteiger partial charge < -0.3 is 58.9 Å². The first-order chi connectivity index (χ1) is 35.8. The Labute approximate surface area is 452 Å². The number of esters is 1. The van der Waals surface area contributed by atoms with E-state index in [1.165, 1.54) is 14.0 Å². The fraction of sp³-hybridized carbons (Fsp3) is 0.821. The van der Waals surface area contributed by atoms with Crippen LogP contribution in [0, 0.1) is 17.8 Å². The number of aryl methyl sites for hydroxylation is 1. The predicted molar refractivity (Wildman–Crippen MR) is 284 cm³/mol. The second-order valence-corrected chi connectivity index (χ2v) is 23.4. The van der Waals surface area contributed by atoms with E-state index in [1.54, 1.807) is 47.0 Å². The first-order valence-electron chi connectivity index (χ1n) is 28.0. The number of ether oxygens (including phenoxy) is 6. The summed E-state index contributed by atoms with van der Waals surface area (Å²) in [5.41, 5.74) is -0.131. The summed E-state index contributed by atoms with van der Waals surface area (Å²) in [6, 6.07) is 7.13. The molecule has 2 aromatic rings. The van der Waals surface area contributed by atoms with Crippen LogP contribution in [-0.2, 0) is 51.1 Å². The Morgan fingerprint density at radius 3 is 2.18 bits per heavy atom. The number of unbranched alkanes of at least 4 members (excludes halogenated alkanes) is 6. The Hall–Kier alpha value is -3.22. The molecule has 1 amide bonds. The number of nitrogens with one attached hydrogen (secondary N) is 1. The van der Waals surface area contributed by atoms with Crippen molar-refractivity contribution in [3.8, 4) is 11.3 Å². The van der Waals surface area contributed by atoms with Crippen molar-refractivity contribution in [2.45, 2.75) is 250 Å². The molecule has 1 unspecified atom stereocenters. The summed E-state index contributed by atoms with van der Waals surface area (Å²) in [5, 5.41) is 77.3. The minimum absolute atomic E-state index is 0.101. The average Bonchev–Trinajstić information content (AvgIpc) is 3.85. The van der Waals surface area contributed by atoms with Crippen LogP contribution in [-0.4, -0.2) is 185 Å². The number of hydrogen-bond acceptors (Lipinski definition) is 18. The Balaban J connectivity index is 1.35. The van der Waals surface area contributed by atoms with E-state index in [1.807, 2.05) is 74.9 Å². The molecular formula is C56H96N6O14. The van der Waals surface area contributed by atoms with Crippen LogP contribution in [0.2, 0.25) is 0 Å². The van der Waals surface area contributed by atoms with Crippen molar-refractivity contribution in [1.82, 2.24) is 30.3 Å². The maximum absolute atomic E-state index is 14.5. The molecule has 4 heterocycles. The van der Waals surface area contributed by atoms with E-state index >= 15 is 0 Å². The molecule has 434 valence electrons. The summed E-state index contributed by atoms with van der Waals surface area (Å²) in [7, 11) is 5.30. The molecule has 3 fully saturated rings. The van der Waals surface area contributed by atoms with Gasteiger partial charge in [0.25, 0.3) is 0 Å².